The second-order valence-corrected chi connectivity index (χ2v) is 13.5. The summed E-state index contributed by atoms with van der Waals surface area (Å²) in [6, 6.07) is 5.63. The van der Waals surface area contributed by atoms with Gasteiger partial charge in [0.15, 0.2) is 23.2 Å². The predicted molar refractivity (Wildman–Crippen MR) is 167 cm³/mol. The zero-order valence-corrected chi connectivity index (χ0v) is 27.8. The van der Waals surface area contributed by atoms with Crippen molar-refractivity contribution < 1.29 is 51.0 Å². The molecule has 0 radical (unpaired) electrons. The number of esters is 1. The lowest BCUT2D eigenvalue weighted by atomic mass is 9.82. The van der Waals surface area contributed by atoms with E-state index in [1.165, 1.54) is 4.90 Å². The van der Waals surface area contributed by atoms with Gasteiger partial charge >= 0.3 is 5.97 Å². The summed E-state index contributed by atoms with van der Waals surface area (Å²) in [6.07, 6.45) is 2.50. The summed E-state index contributed by atoms with van der Waals surface area (Å²) in [5, 5.41) is 2.41. The Balaban J connectivity index is 1.76. The lowest BCUT2D eigenvalue weighted by Crippen LogP contribution is -2.49. The first-order valence-electron chi connectivity index (χ1n) is 15.3. The number of carbonyl (C=O) groups excluding carboxylic acids is 5. The van der Waals surface area contributed by atoms with Crippen molar-refractivity contribution >= 4 is 29.4 Å². The number of allylic oxidation sites excluding steroid dienone is 1. The van der Waals surface area contributed by atoms with Crippen LogP contribution in [0.15, 0.2) is 42.5 Å². The number of nitrogens with zero attached hydrogens (tertiary/aromatic N) is 1. The van der Waals surface area contributed by atoms with Gasteiger partial charge in [-0.3, -0.25) is 24.0 Å². The van der Waals surface area contributed by atoms with Crippen LogP contribution in [0.3, 0.4) is 0 Å². The average molecular weight is 677 g/mol. The van der Waals surface area contributed by atoms with Gasteiger partial charge in [0.2, 0.25) is 23.3 Å². The van der Waals surface area contributed by atoms with Crippen LogP contribution < -0.4 is 10.1 Å². The van der Waals surface area contributed by atoms with E-state index in [1.54, 1.807) is 45.1 Å². The highest BCUT2D eigenvalue weighted by atomic mass is 19.2. The number of benzene rings is 2. The van der Waals surface area contributed by atoms with Gasteiger partial charge in [0.05, 0.1) is 12.3 Å². The Morgan fingerprint density at radius 1 is 0.938 bits per heavy atom. The smallest absolute Gasteiger partial charge is 0.308 e. The number of Topliss-reactive ketones (excluding diaryl/α,β-unsaturated/α-hetero) is 2. The zero-order valence-electron chi connectivity index (χ0n) is 27.8. The van der Waals surface area contributed by atoms with Gasteiger partial charge in [-0.15, -0.1) is 0 Å². The minimum Gasteiger partial charge on any atom is -0.479 e. The topological polar surface area (TPSA) is 119 Å². The molecule has 13 heteroatoms. The normalized spacial score (nSPS) is 15.7. The third-order valence-electron chi connectivity index (χ3n) is 7.35. The first kappa shape index (κ1) is 37.9. The van der Waals surface area contributed by atoms with Crippen molar-refractivity contribution in [1.29, 1.82) is 0 Å². The lowest BCUT2D eigenvalue weighted by Gasteiger charge is -2.26. The molecule has 0 saturated carbocycles. The van der Waals surface area contributed by atoms with E-state index >= 15 is 0 Å². The lowest BCUT2D eigenvalue weighted by molar-refractivity contribution is -0.156. The molecule has 1 unspecified atom stereocenters. The summed E-state index contributed by atoms with van der Waals surface area (Å²) < 4.78 is 65.5. The number of rotatable bonds is 11. The molecule has 48 heavy (non-hydrogen) atoms. The number of amides is 2. The Hall–Kier alpha value is -4.55. The van der Waals surface area contributed by atoms with Crippen molar-refractivity contribution in [3.05, 3.63) is 76.9 Å². The van der Waals surface area contributed by atoms with Gasteiger partial charge in [0.1, 0.15) is 18.2 Å². The van der Waals surface area contributed by atoms with Gasteiger partial charge in [-0.2, -0.15) is 8.78 Å². The molecule has 0 aliphatic carbocycles. The number of hydrogen-bond acceptors (Lipinski definition) is 7. The second kappa shape index (κ2) is 15.6. The maximum atomic E-state index is 14.1. The van der Waals surface area contributed by atoms with E-state index in [4.69, 9.17) is 9.47 Å². The van der Waals surface area contributed by atoms with Crippen LogP contribution in [0.2, 0.25) is 0 Å². The van der Waals surface area contributed by atoms with Crippen LogP contribution in [-0.4, -0.2) is 65.6 Å². The van der Waals surface area contributed by atoms with Gasteiger partial charge in [-0.05, 0) is 43.7 Å². The number of nitrogens with one attached hydrogen (secondary N) is 1. The van der Waals surface area contributed by atoms with Crippen LogP contribution in [0.4, 0.5) is 17.6 Å². The van der Waals surface area contributed by atoms with Crippen molar-refractivity contribution in [2.45, 2.75) is 77.9 Å². The van der Waals surface area contributed by atoms with Crippen molar-refractivity contribution in [3.63, 3.8) is 0 Å². The van der Waals surface area contributed by atoms with Crippen molar-refractivity contribution in [3.8, 4) is 5.75 Å². The molecule has 3 rings (SSSR count). The van der Waals surface area contributed by atoms with Crippen molar-refractivity contribution in [2.75, 3.05) is 19.7 Å². The summed E-state index contributed by atoms with van der Waals surface area (Å²) in [5.41, 5.74) is 0.373. The molecule has 0 bridgehead atoms. The number of ketones is 2. The highest BCUT2D eigenvalue weighted by Crippen LogP contribution is 2.28. The Morgan fingerprint density at radius 2 is 1.56 bits per heavy atom. The number of halogens is 4. The summed E-state index contributed by atoms with van der Waals surface area (Å²) in [6.45, 7) is 9.35. The molecule has 9 nitrogen and oxygen atoms in total. The van der Waals surface area contributed by atoms with Crippen LogP contribution >= 0.6 is 0 Å². The molecule has 0 spiro atoms. The molecule has 1 heterocycles. The molecule has 1 N–H and O–H groups in total. The number of carbonyl (C=O) groups is 5. The van der Waals surface area contributed by atoms with Crippen LogP contribution in [0, 0.1) is 29.2 Å². The van der Waals surface area contributed by atoms with Crippen LogP contribution in [0.5, 0.6) is 5.75 Å². The fourth-order valence-corrected chi connectivity index (χ4v) is 5.07. The average Bonchev–Trinajstić information content (AvgIpc) is 3.24. The van der Waals surface area contributed by atoms with Gasteiger partial charge in [0, 0.05) is 25.6 Å². The highest BCUT2D eigenvalue weighted by Gasteiger charge is 2.33. The molecular formula is C35H40F4N2O7. The molecule has 1 aliphatic heterocycles. The monoisotopic (exact) mass is 676 g/mol. The second-order valence-electron chi connectivity index (χ2n) is 13.5. The quantitative estimate of drug-likeness (QED) is 0.118. The third-order valence-corrected chi connectivity index (χ3v) is 7.35. The molecule has 2 aromatic carbocycles. The molecule has 0 saturated heterocycles. The Bertz CT molecular complexity index is 1570. The largest absolute Gasteiger partial charge is 0.479 e. The van der Waals surface area contributed by atoms with E-state index in [0.29, 0.717) is 5.56 Å². The predicted octanol–water partition coefficient (Wildman–Crippen LogP) is 4.92. The summed E-state index contributed by atoms with van der Waals surface area (Å²) in [7, 11) is 0. The third kappa shape index (κ3) is 10.2. The van der Waals surface area contributed by atoms with Crippen molar-refractivity contribution in [1.82, 2.24) is 10.2 Å². The van der Waals surface area contributed by atoms with Crippen LogP contribution in [-0.2, 0) is 40.5 Å². The molecule has 2 atom stereocenters. The van der Waals surface area contributed by atoms with Crippen molar-refractivity contribution in [2.24, 2.45) is 5.92 Å². The van der Waals surface area contributed by atoms with Gasteiger partial charge < -0.3 is 19.7 Å². The van der Waals surface area contributed by atoms with E-state index in [9.17, 15) is 41.5 Å². The molecule has 0 fully saturated rings. The summed E-state index contributed by atoms with van der Waals surface area (Å²) in [4.78, 5) is 66.8. The Labute approximate surface area is 276 Å². The Morgan fingerprint density at radius 3 is 2.17 bits per heavy atom. The highest BCUT2D eigenvalue weighted by molar-refractivity contribution is 6.36. The van der Waals surface area contributed by atoms with E-state index in [2.05, 4.69) is 5.32 Å². The molecule has 1 aliphatic rings. The number of hydrogen-bond donors (Lipinski definition) is 1. The molecule has 0 aromatic heterocycles. The van der Waals surface area contributed by atoms with E-state index in [0.717, 1.165) is 5.56 Å². The van der Waals surface area contributed by atoms with Crippen LogP contribution in [0.1, 0.15) is 65.5 Å². The van der Waals surface area contributed by atoms with E-state index < -0.39 is 89.0 Å². The van der Waals surface area contributed by atoms with Gasteiger partial charge in [-0.1, -0.05) is 57.2 Å². The zero-order chi connectivity index (χ0) is 36.0. The molecule has 260 valence electrons. The fourth-order valence-electron chi connectivity index (χ4n) is 5.07. The summed E-state index contributed by atoms with van der Waals surface area (Å²) in [5.74, 6) is -13.9. The minimum absolute atomic E-state index is 0.0293. The maximum absolute atomic E-state index is 14.1. The maximum Gasteiger partial charge on any atom is 0.308 e. The Kier molecular flexibility index (Phi) is 12.3. The SMILES string of the molecule is CC(C)(C)OC(=O)C[C@H](NC(=O)C1CC=CCN(C(=O)C(=O)Cc2ccccc2C(C)(C)C)C1)C(=O)COc1c(F)c(F)cc(F)c1F. The van der Waals surface area contributed by atoms with E-state index in [-0.39, 0.29) is 37.4 Å². The number of ether oxygens (including phenoxy) is 2. The summed E-state index contributed by atoms with van der Waals surface area (Å²) >= 11 is 0. The molecule has 2 aromatic rings. The minimum atomic E-state index is -1.87. The molecular weight excluding hydrogens is 636 g/mol. The van der Waals surface area contributed by atoms with Crippen LogP contribution in [0.25, 0.3) is 0 Å². The fraction of sp³-hybridized carbons (Fsp3) is 0.457. The first-order valence-corrected chi connectivity index (χ1v) is 15.3. The van der Waals surface area contributed by atoms with E-state index in [1.807, 2.05) is 32.9 Å². The standard InChI is InChI=1S/C35H40F4N2O7/c1-34(2,3)22-13-8-7-11-20(22)15-26(42)33(46)41-14-10-9-12-21(18-41)32(45)40-25(17-28(44)48-35(4,5)6)27(43)19-47-31-29(38)23(36)16-24(37)30(31)39/h7-11,13,16,21,25H,12,14-15,17-19H2,1-6H3,(H,40,45)/t21?,25-/m0/s1. The van der Waals surface area contributed by atoms with Gasteiger partial charge in [-0.25, -0.2) is 8.78 Å². The molecule has 2 amide bonds. The first-order chi connectivity index (χ1) is 22.3. The van der Waals surface area contributed by atoms with Gasteiger partial charge in [0.25, 0.3) is 5.91 Å².